The molecule has 2 aromatic rings. The molecule has 0 aliphatic rings. The predicted octanol–water partition coefficient (Wildman–Crippen LogP) is 2.27. The summed E-state index contributed by atoms with van der Waals surface area (Å²) in [6.07, 6.45) is 2.20. The van der Waals surface area contributed by atoms with E-state index >= 15 is 0 Å². The first-order valence-electron chi connectivity index (χ1n) is 8.12. The van der Waals surface area contributed by atoms with Crippen molar-refractivity contribution in [1.82, 2.24) is 9.55 Å². The zero-order valence-electron chi connectivity index (χ0n) is 14.7. The molecule has 1 aromatic carbocycles. The molecular formula is C19H22N2O4. The van der Waals surface area contributed by atoms with Crippen LogP contribution >= 0.6 is 0 Å². The number of ketones is 1. The average molecular weight is 342 g/mol. The summed E-state index contributed by atoms with van der Waals surface area (Å²) in [6.45, 7) is 5.85. The molecule has 0 spiro atoms. The lowest BCUT2D eigenvalue weighted by molar-refractivity contribution is 0.0869. The van der Waals surface area contributed by atoms with Crippen LogP contribution in [0.25, 0.3) is 0 Å². The Kier molecular flexibility index (Phi) is 6.25. The monoisotopic (exact) mass is 342 g/mol. The van der Waals surface area contributed by atoms with E-state index in [0.717, 1.165) is 5.57 Å². The standard InChI is InChI=1S/C19H22N2O4/c1-4-15-16(17(22)14-8-6-5-7-9-14)21(19(24)20-18(15)23)12-25-11-10-13(2)3/h5-10H,4,11-12H2,1-3H3,(H,20,23,24). The lowest BCUT2D eigenvalue weighted by Crippen LogP contribution is -2.37. The Labute approximate surface area is 145 Å². The van der Waals surface area contributed by atoms with Crippen LogP contribution in [0, 0.1) is 0 Å². The lowest BCUT2D eigenvalue weighted by Gasteiger charge is -2.14. The van der Waals surface area contributed by atoms with E-state index in [-0.39, 0.29) is 23.8 Å². The van der Waals surface area contributed by atoms with Crippen LogP contribution in [0.5, 0.6) is 0 Å². The molecule has 0 aliphatic carbocycles. The Hall–Kier alpha value is -2.73. The number of carbonyl (C=O) groups excluding carboxylic acids is 1. The zero-order valence-corrected chi connectivity index (χ0v) is 14.7. The summed E-state index contributed by atoms with van der Waals surface area (Å²) in [7, 11) is 0. The Bertz CT molecular complexity index is 888. The van der Waals surface area contributed by atoms with Crippen molar-refractivity contribution in [2.75, 3.05) is 6.61 Å². The number of aromatic amines is 1. The number of ether oxygens (including phenoxy) is 1. The van der Waals surface area contributed by atoms with Gasteiger partial charge in [0, 0.05) is 11.1 Å². The summed E-state index contributed by atoms with van der Waals surface area (Å²) in [5, 5.41) is 0. The molecule has 0 radical (unpaired) electrons. The number of hydrogen-bond acceptors (Lipinski definition) is 4. The first kappa shape index (κ1) is 18.6. The second-order valence-electron chi connectivity index (χ2n) is 5.84. The van der Waals surface area contributed by atoms with Crippen molar-refractivity contribution in [1.29, 1.82) is 0 Å². The quantitative estimate of drug-likeness (QED) is 0.475. The van der Waals surface area contributed by atoms with Crippen LogP contribution < -0.4 is 11.2 Å². The minimum absolute atomic E-state index is 0.0830. The van der Waals surface area contributed by atoms with Crippen LogP contribution in [-0.4, -0.2) is 21.9 Å². The van der Waals surface area contributed by atoms with Gasteiger partial charge in [0.15, 0.2) is 0 Å². The minimum atomic E-state index is -0.654. The van der Waals surface area contributed by atoms with Gasteiger partial charge in [-0.15, -0.1) is 0 Å². The number of nitrogens with zero attached hydrogens (tertiary/aromatic N) is 1. The predicted molar refractivity (Wildman–Crippen MR) is 96.0 cm³/mol. The number of allylic oxidation sites excluding steroid dienone is 1. The van der Waals surface area contributed by atoms with Gasteiger partial charge in [0.2, 0.25) is 5.78 Å². The molecule has 2 rings (SSSR count). The molecule has 0 aliphatic heterocycles. The van der Waals surface area contributed by atoms with E-state index in [1.165, 1.54) is 4.57 Å². The molecule has 0 bridgehead atoms. The molecule has 0 saturated heterocycles. The number of hydrogen-bond donors (Lipinski definition) is 1. The smallest absolute Gasteiger partial charge is 0.330 e. The molecule has 0 saturated carbocycles. The van der Waals surface area contributed by atoms with Crippen LogP contribution in [0.15, 0.2) is 51.6 Å². The molecule has 0 unspecified atom stereocenters. The second-order valence-corrected chi connectivity index (χ2v) is 5.84. The molecule has 1 heterocycles. The highest BCUT2D eigenvalue weighted by atomic mass is 16.5. The van der Waals surface area contributed by atoms with E-state index in [1.807, 2.05) is 19.9 Å². The third-order valence-electron chi connectivity index (χ3n) is 3.73. The first-order valence-corrected chi connectivity index (χ1v) is 8.12. The van der Waals surface area contributed by atoms with Gasteiger partial charge in [-0.1, -0.05) is 48.9 Å². The molecule has 1 aromatic heterocycles. The molecule has 0 atom stereocenters. The van der Waals surface area contributed by atoms with E-state index in [1.54, 1.807) is 37.3 Å². The Balaban J connectivity index is 2.51. The van der Waals surface area contributed by atoms with Crippen LogP contribution in [0.3, 0.4) is 0 Å². The van der Waals surface area contributed by atoms with Gasteiger partial charge < -0.3 is 4.74 Å². The van der Waals surface area contributed by atoms with Crippen molar-refractivity contribution in [3.05, 3.63) is 79.6 Å². The van der Waals surface area contributed by atoms with Crippen molar-refractivity contribution in [3.63, 3.8) is 0 Å². The van der Waals surface area contributed by atoms with E-state index in [4.69, 9.17) is 4.74 Å². The molecule has 1 N–H and O–H groups in total. The fraction of sp³-hybridized carbons (Fsp3) is 0.316. The Morgan fingerprint density at radius 2 is 1.88 bits per heavy atom. The maximum atomic E-state index is 12.9. The van der Waals surface area contributed by atoms with Crippen molar-refractivity contribution in [3.8, 4) is 0 Å². The van der Waals surface area contributed by atoms with Gasteiger partial charge in [0.1, 0.15) is 12.4 Å². The van der Waals surface area contributed by atoms with E-state index in [2.05, 4.69) is 4.98 Å². The van der Waals surface area contributed by atoms with Gasteiger partial charge in [-0.25, -0.2) is 4.79 Å². The van der Waals surface area contributed by atoms with Gasteiger partial charge in [0.25, 0.3) is 5.56 Å². The second kappa shape index (κ2) is 8.39. The van der Waals surface area contributed by atoms with Gasteiger partial charge in [-0.2, -0.15) is 0 Å². The molecule has 0 fully saturated rings. The van der Waals surface area contributed by atoms with Gasteiger partial charge in [-0.3, -0.25) is 19.1 Å². The normalized spacial score (nSPS) is 10.5. The summed E-state index contributed by atoms with van der Waals surface area (Å²) in [6, 6.07) is 8.58. The van der Waals surface area contributed by atoms with Gasteiger partial charge in [0.05, 0.1) is 6.61 Å². The maximum absolute atomic E-state index is 12.9. The first-order chi connectivity index (χ1) is 12.0. The Morgan fingerprint density at radius 3 is 2.48 bits per heavy atom. The van der Waals surface area contributed by atoms with Crippen LogP contribution in [0.4, 0.5) is 0 Å². The highest BCUT2D eigenvalue weighted by molar-refractivity contribution is 6.08. The van der Waals surface area contributed by atoms with Crippen molar-refractivity contribution in [2.45, 2.75) is 33.9 Å². The summed E-state index contributed by atoms with van der Waals surface area (Å²) in [5.41, 5.74) is 0.675. The largest absolute Gasteiger partial charge is 0.357 e. The summed E-state index contributed by atoms with van der Waals surface area (Å²) in [4.78, 5) is 39.6. The van der Waals surface area contributed by atoms with E-state index < -0.39 is 11.2 Å². The number of benzene rings is 1. The summed E-state index contributed by atoms with van der Waals surface area (Å²) >= 11 is 0. The molecule has 25 heavy (non-hydrogen) atoms. The van der Waals surface area contributed by atoms with Gasteiger partial charge >= 0.3 is 5.69 Å². The molecule has 6 heteroatoms. The van der Waals surface area contributed by atoms with Crippen LogP contribution in [0.2, 0.25) is 0 Å². The summed E-state index contributed by atoms with van der Waals surface area (Å²) < 4.78 is 6.68. The molecular weight excluding hydrogens is 320 g/mol. The number of H-pyrrole nitrogens is 1. The third kappa shape index (κ3) is 4.42. The highest BCUT2D eigenvalue weighted by Gasteiger charge is 2.21. The number of aromatic nitrogens is 2. The highest BCUT2D eigenvalue weighted by Crippen LogP contribution is 2.12. The van der Waals surface area contributed by atoms with Gasteiger partial charge in [-0.05, 0) is 20.3 Å². The zero-order chi connectivity index (χ0) is 18.4. The maximum Gasteiger partial charge on any atom is 0.330 e. The Morgan fingerprint density at radius 1 is 1.20 bits per heavy atom. The van der Waals surface area contributed by atoms with Crippen molar-refractivity contribution >= 4 is 5.78 Å². The third-order valence-corrected chi connectivity index (χ3v) is 3.73. The average Bonchev–Trinajstić information content (AvgIpc) is 2.59. The topological polar surface area (TPSA) is 81.2 Å². The van der Waals surface area contributed by atoms with Crippen LogP contribution in [0.1, 0.15) is 42.4 Å². The van der Waals surface area contributed by atoms with E-state index in [9.17, 15) is 14.4 Å². The molecule has 6 nitrogen and oxygen atoms in total. The fourth-order valence-corrected chi connectivity index (χ4v) is 2.42. The number of rotatable bonds is 7. The molecule has 0 amide bonds. The lowest BCUT2D eigenvalue weighted by atomic mass is 10.0. The van der Waals surface area contributed by atoms with E-state index in [0.29, 0.717) is 18.6 Å². The fourth-order valence-electron chi connectivity index (χ4n) is 2.42. The number of carbonyl (C=O) groups is 1. The SMILES string of the molecule is CCc1c(C(=O)c2ccccc2)n(COCC=C(C)C)c(=O)[nH]c1=O. The van der Waals surface area contributed by atoms with Crippen molar-refractivity contribution < 1.29 is 9.53 Å². The number of nitrogens with one attached hydrogen (secondary N) is 1. The van der Waals surface area contributed by atoms with Crippen LogP contribution in [-0.2, 0) is 17.9 Å². The minimum Gasteiger partial charge on any atom is -0.357 e. The van der Waals surface area contributed by atoms with Crippen molar-refractivity contribution in [2.24, 2.45) is 0 Å². The summed E-state index contributed by atoms with van der Waals surface area (Å²) in [5.74, 6) is -0.369. The molecule has 132 valence electrons.